The molecule has 0 unspecified atom stereocenters. The predicted octanol–water partition coefficient (Wildman–Crippen LogP) is 5.30. The summed E-state index contributed by atoms with van der Waals surface area (Å²) in [7, 11) is -3.94. The molecule has 0 aliphatic heterocycles. The van der Waals surface area contributed by atoms with E-state index in [9.17, 15) is 13.2 Å². The van der Waals surface area contributed by atoms with Gasteiger partial charge in [0, 0.05) is 10.7 Å². The van der Waals surface area contributed by atoms with Gasteiger partial charge in [0.1, 0.15) is 6.04 Å². The van der Waals surface area contributed by atoms with Crippen LogP contribution in [-0.4, -0.2) is 20.4 Å². The molecule has 0 fully saturated rings. The molecule has 0 spiro atoms. The minimum absolute atomic E-state index is 0.0477. The normalized spacial score (nSPS) is 12.5. The predicted molar refractivity (Wildman–Crippen MR) is 130 cm³/mol. The van der Waals surface area contributed by atoms with Gasteiger partial charge in [0.25, 0.3) is 0 Å². The molecule has 7 heteroatoms. The number of amides is 1. The number of anilines is 1. The highest BCUT2D eigenvalue weighted by Crippen LogP contribution is 2.28. The molecule has 1 amide bonds. The number of sulfonamides is 1. The summed E-state index contributed by atoms with van der Waals surface area (Å²) in [6.45, 7) is 6.02. The van der Waals surface area contributed by atoms with Crippen LogP contribution < -0.4 is 10.0 Å². The Morgan fingerprint density at radius 2 is 1.59 bits per heavy atom. The van der Waals surface area contributed by atoms with Crippen LogP contribution in [-0.2, 0) is 21.2 Å². The third-order valence-corrected chi connectivity index (χ3v) is 6.94. The van der Waals surface area contributed by atoms with Crippen molar-refractivity contribution in [2.24, 2.45) is 0 Å². The molecule has 2 N–H and O–H groups in total. The zero-order valence-electron chi connectivity index (χ0n) is 18.3. The Labute approximate surface area is 194 Å². The minimum Gasteiger partial charge on any atom is -0.324 e. The molecular formula is C25H27ClN2O3S. The van der Waals surface area contributed by atoms with Crippen LogP contribution in [0.4, 0.5) is 5.69 Å². The summed E-state index contributed by atoms with van der Waals surface area (Å²) in [5, 5.41) is 3.41. The number of carbonyl (C=O) groups excluding carboxylic acids is 1. The number of rotatable bonds is 8. The summed E-state index contributed by atoms with van der Waals surface area (Å²) in [5.74, 6) is -0.217. The number of halogens is 1. The number of carbonyl (C=O) groups is 1. The molecule has 0 aliphatic rings. The van der Waals surface area contributed by atoms with Crippen LogP contribution in [0.15, 0.2) is 77.7 Å². The second kappa shape index (κ2) is 10.3. The van der Waals surface area contributed by atoms with Crippen molar-refractivity contribution in [1.82, 2.24) is 4.72 Å². The number of hydrogen-bond acceptors (Lipinski definition) is 3. The summed E-state index contributed by atoms with van der Waals surface area (Å²) >= 11 is 5.89. The lowest BCUT2D eigenvalue weighted by atomic mass is 9.97. The minimum atomic E-state index is -3.94. The highest BCUT2D eigenvalue weighted by molar-refractivity contribution is 7.89. The maximum absolute atomic E-state index is 13.3. The highest BCUT2D eigenvalue weighted by Gasteiger charge is 2.27. The monoisotopic (exact) mass is 470 g/mol. The summed E-state index contributed by atoms with van der Waals surface area (Å²) in [5.41, 5.74) is 3.48. The quantitative estimate of drug-likeness (QED) is 0.469. The SMILES string of the molecule is Cc1cccc(C(C)C)c1NC(=O)[C@@H](Cc1ccccc1)NS(=O)(=O)c1ccc(Cl)cc1. The van der Waals surface area contributed by atoms with Crippen LogP contribution in [0.1, 0.15) is 36.5 Å². The van der Waals surface area contributed by atoms with Gasteiger partial charge in [-0.15, -0.1) is 0 Å². The molecule has 3 aromatic rings. The van der Waals surface area contributed by atoms with E-state index in [0.29, 0.717) is 5.02 Å². The molecule has 0 aromatic heterocycles. The van der Waals surface area contributed by atoms with Crippen LogP contribution in [0.2, 0.25) is 5.02 Å². The molecular weight excluding hydrogens is 444 g/mol. The zero-order valence-corrected chi connectivity index (χ0v) is 19.9. The van der Waals surface area contributed by atoms with E-state index >= 15 is 0 Å². The van der Waals surface area contributed by atoms with Gasteiger partial charge in [0.05, 0.1) is 4.90 Å². The fraction of sp³-hybridized carbons (Fsp3) is 0.240. The Kier molecular flexibility index (Phi) is 7.72. The first-order valence-electron chi connectivity index (χ1n) is 10.4. The van der Waals surface area contributed by atoms with Gasteiger partial charge in [-0.2, -0.15) is 4.72 Å². The van der Waals surface area contributed by atoms with Gasteiger partial charge < -0.3 is 5.32 Å². The Balaban J connectivity index is 1.93. The molecule has 0 radical (unpaired) electrons. The number of para-hydroxylation sites is 1. The van der Waals surface area contributed by atoms with E-state index in [4.69, 9.17) is 11.6 Å². The van der Waals surface area contributed by atoms with Crippen LogP contribution in [0.25, 0.3) is 0 Å². The first-order chi connectivity index (χ1) is 15.2. The largest absolute Gasteiger partial charge is 0.324 e. The highest BCUT2D eigenvalue weighted by atomic mass is 35.5. The molecule has 32 heavy (non-hydrogen) atoms. The van der Waals surface area contributed by atoms with Crippen molar-refractivity contribution in [3.8, 4) is 0 Å². The third kappa shape index (κ3) is 5.97. The van der Waals surface area contributed by atoms with Gasteiger partial charge in [0.15, 0.2) is 0 Å². The Morgan fingerprint density at radius 1 is 0.938 bits per heavy atom. The Bertz CT molecular complexity index is 1180. The fourth-order valence-electron chi connectivity index (χ4n) is 3.46. The Morgan fingerprint density at radius 3 is 2.22 bits per heavy atom. The van der Waals surface area contributed by atoms with Gasteiger partial charge in [-0.05, 0) is 60.2 Å². The number of aryl methyl sites for hydroxylation is 1. The molecule has 168 valence electrons. The van der Waals surface area contributed by atoms with Crippen LogP contribution in [0.5, 0.6) is 0 Å². The van der Waals surface area contributed by atoms with Crippen molar-refractivity contribution in [2.45, 2.75) is 44.0 Å². The zero-order chi connectivity index (χ0) is 23.3. The van der Waals surface area contributed by atoms with E-state index in [-0.39, 0.29) is 17.2 Å². The van der Waals surface area contributed by atoms with E-state index in [1.54, 1.807) is 0 Å². The van der Waals surface area contributed by atoms with Crippen molar-refractivity contribution in [3.05, 3.63) is 94.5 Å². The average molecular weight is 471 g/mol. The standard InChI is InChI=1S/C25H27ClN2O3S/c1-17(2)22-11-7-8-18(3)24(22)27-25(29)23(16-19-9-5-4-6-10-19)28-32(30,31)21-14-12-20(26)13-15-21/h4-15,17,23,28H,16H2,1-3H3,(H,27,29)/t23-/m1/s1. The van der Waals surface area contributed by atoms with Gasteiger partial charge in [0.2, 0.25) is 15.9 Å². The summed E-state index contributed by atoms with van der Waals surface area (Å²) < 4.78 is 28.6. The number of benzene rings is 3. The lowest BCUT2D eigenvalue weighted by molar-refractivity contribution is -0.117. The molecule has 0 heterocycles. The van der Waals surface area contributed by atoms with Crippen LogP contribution in [0, 0.1) is 6.92 Å². The maximum atomic E-state index is 13.3. The van der Waals surface area contributed by atoms with Gasteiger partial charge >= 0.3 is 0 Å². The number of hydrogen-bond donors (Lipinski definition) is 2. The maximum Gasteiger partial charge on any atom is 0.242 e. The molecule has 0 bridgehead atoms. The molecule has 5 nitrogen and oxygen atoms in total. The second-order valence-electron chi connectivity index (χ2n) is 8.00. The first kappa shape index (κ1) is 24.0. The topological polar surface area (TPSA) is 75.3 Å². The molecule has 0 saturated carbocycles. The molecule has 3 rings (SSSR count). The Hall–Kier alpha value is -2.67. The van der Waals surface area contributed by atoms with Crippen molar-refractivity contribution < 1.29 is 13.2 Å². The van der Waals surface area contributed by atoms with E-state index in [2.05, 4.69) is 23.9 Å². The third-order valence-electron chi connectivity index (χ3n) is 5.20. The lowest BCUT2D eigenvalue weighted by Crippen LogP contribution is -2.45. The van der Waals surface area contributed by atoms with Crippen molar-refractivity contribution in [3.63, 3.8) is 0 Å². The van der Waals surface area contributed by atoms with Gasteiger partial charge in [-0.25, -0.2) is 8.42 Å². The van der Waals surface area contributed by atoms with Crippen LogP contribution in [0.3, 0.4) is 0 Å². The summed E-state index contributed by atoms with van der Waals surface area (Å²) in [6.07, 6.45) is 0.211. The molecule has 1 atom stereocenters. The second-order valence-corrected chi connectivity index (χ2v) is 10.2. The fourth-order valence-corrected chi connectivity index (χ4v) is 4.78. The van der Waals surface area contributed by atoms with Gasteiger partial charge in [-0.1, -0.05) is 74.0 Å². The molecule has 3 aromatic carbocycles. The molecule has 0 saturated heterocycles. The van der Waals surface area contributed by atoms with Crippen LogP contribution >= 0.6 is 11.6 Å². The van der Waals surface area contributed by atoms with Gasteiger partial charge in [-0.3, -0.25) is 4.79 Å². The summed E-state index contributed by atoms with van der Waals surface area (Å²) in [4.78, 5) is 13.4. The van der Waals surface area contributed by atoms with Crippen molar-refractivity contribution in [2.75, 3.05) is 5.32 Å². The van der Waals surface area contributed by atoms with E-state index < -0.39 is 22.0 Å². The lowest BCUT2D eigenvalue weighted by Gasteiger charge is -2.22. The average Bonchev–Trinajstić information content (AvgIpc) is 2.75. The van der Waals surface area contributed by atoms with E-state index in [1.165, 1.54) is 24.3 Å². The summed E-state index contributed by atoms with van der Waals surface area (Å²) in [6, 6.07) is 20.0. The van der Waals surface area contributed by atoms with Crippen molar-refractivity contribution in [1.29, 1.82) is 0 Å². The van der Waals surface area contributed by atoms with E-state index in [0.717, 1.165) is 22.4 Å². The molecule has 0 aliphatic carbocycles. The smallest absolute Gasteiger partial charge is 0.242 e. The number of nitrogens with one attached hydrogen (secondary N) is 2. The van der Waals surface area contributed by atoms with E-state index in [1.807, 2.05) is 55.5 Å². The van der Waals surface area contributed by atoms with Crippen molar-refractivity contribution >= 4 is 33.2 Å². The first-order valence-corrected chi connectivity index (χ1v) is 12.3.